The van der Waals surface area contributed by atoms with E-state index in [0.717, 1.165) is 25.9 Å². The first-order valence-corrected chi connectivity index (χ1v) is 5.06. The molecule has 0 aromatic carbocycles. The van der Waals surface area contributed by atoms with Crippen molar-refractivity contribution in [3.05, 3.63) is 0 Å². The monoisotopic (exact) mass is 183 g/mol. The van der Waals surface area contributed by atoms with Crippen molar-refractivity contribution in [2.24, 2.45) is 11.8 Å². The molecule has 0 radical (unpaired) electrons. The summed E-state index contributed by atoms with van der Waals surface area (Å²) in [4.78, 5) is 13.8. The Morgan fingerprint density at radius 1 is 1.54 bits per heavy atom. The fourth-order valence-corrected chi connectivity index (χ4v) is 2.47. The van der Waals surface area contributed by atoms with Crippen LogP contribution < -0.4 is 0 Å². The minimum Gasteiger partial charge on any atom is -0.462 e. The Morgan fingerprint density at radius 2 is 2.31 bits per heavy atom. The number of esters is 1. The maximum Gasteiger partial charge on any atom is 0.310 e. The zero-order chi connectivity index (χ0) is 9.42. The number of nitrogens with zero attached hydrogens (tertiary/aromatic N) is 1. The van der Waals surface area contributed by atoms with E-state index in [-0.39, 0.29) is 18.0 Å². The molecule has 0 N–H and O–H groups in total. The van der Waals surface area contributed by atoms with E-state index in [1.807, 2.05) is 6.92 Å². The summed E-state index contributed by atoms with van der Waals surface area (Å²) in [6.45, 7) is 4.00. The van der Waals surface area contributed by atoms with Crippen molar-refractivity contribution < 1.29 is 9.53 Å². The first-order chi connectivity index (χ1) is 6.16. The van der Waals surface area contributed by atoms with Crippen LogP contribution in [0.2, 0.25) is 0 Å². The van der Waals surface area contributed by atoms with Crippen LogP contribution in [0.4, 0.5) is 0 Å². The molecule has 0 bridgehead atoms. The second-order valence-corrected chi connectivity index (χ2v) is 4.40. The zero-order valence-electron chi connectivity index (χ0n) is 8.32. The summed E-state index contributed by atoms with van der Waals surface area (Å²) in [6, 6.07) is 0. The zero-order valence-corrected chi connectivity index (χ0v) is 8.32. The molecule has 13 heavy (non-hydrogen) atoms. The normalized spacial score (nSPS) is 41.1. The van der Waals surface area contributed by atoms with E-state index in [4.69, 9.17) is 4.74 Å². The number of piperidine rings is 1. The van der Waals surface area contributed by atoms with E-state index >= 15 is 0 Å². The first-order valence-electron chi connectivity index (χ1n) is 5.06. The smallest absolute Gasteiger partial charge is 0.310 e. The van der Waals surface area contributed by atoms with E-state index in [1.165, 1.54) is 0 Å². The van der Waals surface area contributed by atoms with Crippen LogP contribution in [-0.2, 0) is 9.53 Å². The number of rotatable bonds is 0. The van der Waals surface area contributed by atoms with Gasteiger partial charge in [-0.3, -0.25) is 4.79 Å². The fraction of sp³-hybridized carbons (Fsp3) is 0.900. The van der Waals surface area contributed by atoms with Crippen molar-refractivity contribution >= 4 is 5.97 Å². The maximum absolute atomic E-state index is 11.5. The van der Waals surface area contributed by atoms with Crippen LogP contribution in [0, 0.1) is 11.8 Å². The summed E-state index contributed by atoms with van der Waals surface area (Å²) in [5.41, 5.74) is 0. The largest absolute Gasteiger partial charge is 0.462 e. The van der Waals surface area contributed by atoms with Crippen LogP contribution in [0.25, 0.3) is 0 Å². The van der Waals surface area contributed by atoms with Gasteiger partial charge in [-0.25, -0.2) is 0 Å². The Morgan fingerprint density at radius 3 is 3.08 bits per heavy atom. The molecule has 0 aromatic heterocycles. The van der Waals surface area contributed by atoms with Gasteiger partial charge < -0.3 is 9.64 Å². The molecule has 0 aromatic rings. The average Bonchev–Trinajstić information content (AvgIpc) is 2.06. The van der Waals surface area contributed by atoms with Gasteiger partial charge >= 0.3 is 5.97 Å². The third kappa shape index (κ3) is 1.70. The van der Waals surface area contributed by atoms with Gasteiger partial charge in [-0.05, 0) is 39.3 Å². The lowest BCUT2D eigenvalue weighted by Crippen LogP contribution is -2.47. The van der Waals surface area contributed by atoms with Crippen molar-refractivity contribution in [2.45, 2.75) is 25.9 Å². The van der Waals surface area contributed by atoms with Crippen LogP contribution in [0.3, 0.4) is 0 Å². The van der Waals surface area contributed by atoms with Crippen molar-refractivity contribution in [3.8, 4) is 0 Å². The highest BCUT2D eigenvalue weighted by molar-refractivity contribution is 5.74. The van der Waals surface area contributed by atoms with E-state index in [9.17, 15) is 4.79 Å². The Hall–Kier alpha value is -0.570. The lowest BCUT2D eigenvalue weighted by Gasteiger charge is -2.40. The SMILES string of the molecule is CC1CC2CCN(C)CC2C(=O)O1. The number of likely N-dealkylation sites (tertiary alicyclic amines) is 1. The molecule has 2 rings (SSSR count). The van der Waals surface area contributed by atoms with Gasteiger partial charge in [0.2, 0.25) is 0 Å². The molecule has 0 aliphatic carbocycles. The number of hydrogen-bond acceptors (Lipinski definition) is 3. The molecule has 0 amide bonds. The summed E-state index contributed by atoms with van der Waals surface area (Å²) in [7, 11) is 2.07. The lowest BCUT2D eigenvalue weighted by molar-refractivity contribution is -0.167. The molecule has 2 heterocycles. The van der Waals surface area contributed by atoms with Crippen molar-refractivity contribution in [2.75, 3.05) is 20.1 Å². The highest BCUT2D eigenvalue weighted by atomic mass is 16.5. The van der Waals surface area contributed by atoms with Gasteiger partial charge in [0.25, 0.3) is 0 Å². The molecule has 74 valence electrons. The molecular weight excluding hydrogens is 166 g/mol. The van der Waals surface area contributed by atoms with E-state index < -0.39 is 0 Å². The van der Waals surface area contributed by atoms with Gasteiger partial charge in [0.05, 0.1) is 12.0 Å². The number of carbonyl (C=O) groups excluding carboxylic acids is 1. The molecule has 3 unspecified atom stereocenters. The van der Waals surface area contributed by atoms with Crippen molar-refractivity contribution in [3.63, 3.8) is 0 Å². The molecule has 3 atom stereocenters. The molecule has 0 saturated carbocycles. The number of carbonyl (C=O) groups is 1. The Kier molecular flexibility index (Phi) is 2.28. The van der Waals surface area contributed by atoms with Crippen LogP contribution in [0.15, 0.2) is 0 Å². The number of cyclic esters (lactones) is 1. The summed E-state index contributed by atoms with van der Waals surface area (Å²) < 4.78 is 5.24. The van der Waals surface area contributed by atoms with Crippen molar-refractivity contribution in [1.82, 2.24) is 4.90 Å². The quantitative estimate of drug-likeness (QED) is 0.522. The van der Waals surface area contributed by atoms with Crippen molar-refractivity contribution in [1.29, 1.82) is 0 Å². The minimum absolute atomic E-state index is 0.0234. The number of fused-ring (bicyclic) bond motifs is 1. The average molecular weight is 183 g/mol. The molecule has 3 heteroatoms. The third-order valence-electron chi connectivity index (χ3n) is 3.21. The summed E-state index contributed by atoms with van der Waals surface area (Å²) in [5, 5.41) is 0. The van der Waals surface area contributed by atoms with Gasteiger partial charge in [-0.1, -0.05) is 0 Å². The molecule has 0 spiro atoms. The van der Waals surface area contributed by atoms with Gasteiger partial charge in [-0.15, -0.1) is 0 Å². The van der Waals surface area contributed by atoms with Gasteiger partial charge in [0.15, 0.2) is 0 Å². The standard InChI is InChI=1S/C10H17NO2/c1-7-5-8-3-4-11(2)6-9(8)10(12)13-7/h7-9H,3-6H2,1-2H3. The predicted molar refractivity (Wildman–Crippen MR) is 49.3 cm³/mol. The van der Waals surface area contributed by atoms with E-state index in [0.29, 0.717) is 5.92 Å². The first kappa shape index (κ1) is 9.00. The number of ether oxygens (including phenoxy) is 1. The Bertz CT molecular complexity index is 217. The highest BCUT2D eigenvalue weighted by Gasteiger charge is 2.39. The van der Waals surface area contributed by atoms with Crippen LogP contribution in [0.5, 0.6) is 0 Å². The second-order valence-electron chi connectivity index (χ2n) is 4.40. The second kappa shape index (κ2) is 3.29. The highest BCUT2D eigenvalue weighted by Crippen LogP contribution is 2.32. The lowest BCUT2D eigenvalue weighted by atomic mass is 9.80. The third-order valence-corrected chi connectivity index (χ3v) is 3.21. The predicted octanol–water partition coefficient (Wildman–Crippen LogP) is 0.890. The number of hydrogen-bond donors (Lipinski definition) is 0. The van der Waals surface area contributed by atoms with Gasteiger partial charge in [0.1, 0.15) is 0 Å². The van der Waals surface area contributed by atoms with Crippen LogP contribution in [-0.4, -0.2) is 37.1 Å². The Labute approximate surface area is 79.0 Å². The Balaban J connectivity index is 2.06. The maximum atomic E-state index is 11.5. The van der Waals surface area contributed by atoms with Gasteiger partial charge in [0, 0.05) is 6.54 Å². The molecular formula is C10H17NO2. The van der Waals surface area contributed by atoms with Crippen LogP contribution in [0.1, 0.15) is 19.8 Å². The summed E-state index contributed by atoms with van der Waals surface area (Å²) in [6.07, 6.45) is 2.35. The minimum atomic E-state index is 0.0234. The summed E-state index contributed by atoms with van der Waals surface area (Å²) >= 11 is 0. The van der Waals surface area contributed by atoms with E-state index in [2.05, 4.69) is 11.9 Å². The summed E-state index contributed by atoms with van der Waals surface area (Å²) in [5.74, 6) is 0.748. The van der Waals surface area contributed by atoms with E-state index in [1.54, 1.807) is 0 Å². The van der Waals surface area contributed by atoms with Gasteiger partial charge in [-0.2, -0.15) is 0 Å². The molecule has 2 aliphatic heterocycles. The molecule has 2 fully saturated rings. The molecule has 2 aliphatic rings. The molecule has 2 saturated heterocycles. The fourth-order valence-electron chi connectivity index (χ4n) is 2.47. The molecule has 3 nitrogen and oxygen atoms in total. The topological polar surface area (TPSA) is 29.5 Å². The van der Waals surface area contributed by atoms with Crippen LogP contribution >= 0.6 is 0 Å².